The highest BCUT2D eigenvalue weighted by atomic mass is 35.5. The maximum atomic E-state index is 6.47. The molecule has 0 aliphatic rings. The van der Waals surface area contributed by atoms with Gasteiger partial charge in [-0.3, -0.25) is 0 Å². The Balaban J connectivity index is 1.47. The minimum atomic E-state index is 0.747. The van der Waals surface area contributed by atoms with E-state index in [1.807, 2.05) is 6.07 Å². The van der Waals surface area contributed by atoms with Gasteiger partial charge in [-0.1, -0.05) is 103 Å². The van der Waals surface area contributed by atoms with Crippen molar-refractivity contribution in [3.63, 3.8) is 0 Å². The normalized spacial score (nSPS) is 11.7. The molecule has 8 aromatic rings. The van der Waals surface area contributed by atoms with E-state index in [9.17, 15) is 0 Å². The van der Waals surface area contributed by atoms with Crippen molar-refractivity contribution in [3.05, 3.63) is 145 Å². The Morgan fingerprint density at radius 1 is 0.410 bits per heavy atom. The summed E-state index contributed by atoms with van der Waals surface area (Å²) >= 11 is 6.47. The van der Waals surface area contributed by atoms with Crippen LogP contribution in [0, 0.1) is 0 Å². The van der Waals surface area contributed by atoms with Gasteiger partial charge in [-0.2, -0.15) is 0 Å². The first-order chi connectivity index (χ1) is 19.3. The van der Waals surface area contributed by atoms with Crippen molar-refractivity contribution in [2.75, 3.05) is 0 Å². The molecule has 6 aromatic carbocycles. The zero-order chi connectivity index (χ0) is 25.9. The molecule has 0 saturated carbocycles. The van der Waals surface area contributed by atoms with Crippen molar-refractivity contribution in [2.24, 2.45) is 0 Å². The predicted octanol–water partition coefficient (Wildman–Crippen LogP) is 10.2. The van der Waals surface area contributed by atoms with Crippen molar-refractivity contribution in [1.29, 1.82) is 0 Å². The third kappa shape index (κ3) is 3.35. The fourth-order valence-corrected chi connectivity index (χ4v) is 6.26. The van der Waals surface area contributed by atoms with E-state index >= 15 is 0 Å². The lowest BCUT2D eigenvalue weighted by molar-refractivity contribution is 1.13. The molecule has 0 amide bonds. The van der Waals surface area contributed by atoms with Crippen molar-refractivity contribution in [3.8, 4) is 22.5 Å². The number of rotatable bonds is 3. The van der Waals surface area contributed by atoms with E-state index < -0.39 is 0 Å². The number of fused-ring (bicyclic) bond motifs is 6. The predicted molar refractivity (Wildman–Crippen MR) is 166 cm³/mol. The maximum absolute atomic E-state index is 6.47. The first-order valence-electron chi connectivity index (χ1n) is 13.1. The third-order valence-corrected chi connectivity index (χ3v) is 8.02. The van der Waals surface area contributed by atoms with E-state index in [1.54, 1.807) is 0 Å². The highest BCUT2D eigenvalue weighted by Crippen LogP contribution is 2.40. The van der Waals surface area contributed by atoms with Gasteiger partial charge in [0.1, 0.15) is 0 Å². The van der Waals surface area contributed by atoms with Crippen LogP contribution in [-0.4, -0.2) is 9.13 Å². The molecule has 8 rings (SSSR count). The molecule has 0 saturated heterocycles. The van der Waals surface area contributed by atoms with E-state index in [0.29, 0.717) is 0 Å². The molecule has 0 spiro atoms. The van der Waals surface area contributed by atoms with Crippen LogP contribution in [0.25, 0.3) is 66.1 Å². The smallest absolute Gasteiger partial charge is 0.0782 e. The topological polar surface area (TPSA) is 9.86 Å². The summed E-state index contributed by atoms with van der Waals surface area (Å²) in [5.74, 6) is 0. The SMILES string of the molecule is Clc1ccc2c(c1)c1ccccc1n2-c1cccc2c3ccccc3n(-c3ccc(-c4ccccc4)cc3)c12. The summed E-state index contributed by atoms with van der Waals surface area (Å²) in [7, 11) is 0. The second-order valence-corrected chi connectivity index (χ2v) is 10.4. The number of benzene rings is 6. The second-order valence-electron chi connectivity index (χ2n) is 9.95. The molecule has 2 heterocycles. The second kappa shape index (κ2) is 8.62. The van der Waals surface area contributed by atoms with Gasteiger partial charge in [0, 0.05) is 32.3 Å². The molecule has 0 aliphatic heterocycles. The van der Waals surface area contributed by atoms with Gasteiger partial charge < -0.3 is 9.13 Å². The monoisotopic (exact) mass is 518 g/mol. The van der Waals surface area contributed by atoms with Crippen molar-refractivity contribution in [1.82, 2.24) is 9.13 Å². The quantitative estimate of drug-likeness (QED) is 0.220. The summed E-state index contributed by atoms with van der Waals surface area (Å²) in [4.78, 5) is 0. The minimum absolute atomic E-state index is 0.747. The number of aromatic nitrogens is 2. The van der Waals surface area contributed by atoms with E-state index in [0.717, 1.165) is 27.3 Å². The van der Waals surface area contributed by atoms with Crippen LogP contribution in [0.5, 0.6) is 0 Å². The number of hydrogen-bond donors (Lipinski definition) is 0. The van der Waals surface area contributed by atoms with Gasteiger partial charge >= 0.3 is 0 Å². The molecule has 0 N–H and O–H groups in total. The molecule has 2 aromatic heterocycles. The molecule has 0 atom stereocenters. The molecule has 0 bridgehead atoms. The van der Waals surface area contributed by atoms with Crippen molar-refractivity contribution >= 4 is 55.2 Å². The van der Waals surface area contributed by atoms with Crippen LogP contribution in [0.1, 0.15) is 0 Å². The largest absolute Gasteiger partial charge is 0.307 e. The molecule has 0 unspecified atom stereocenters. The zero-order valence-corrected chi connectivity index (χ0v) is 21.8. The van der Waals surface area contributed by atoms with Crippen LogP contribution in [0.3, 0.4) is 0 Å². The number of hydrogen-bond acceptors (Lipinski definition) is 0. The van der Waals surface area contributed by atoms with Gasteiger partial charge in [-0.25, -0.2) is 0 Å². The number of para-hydroxylation sites is 3. The molecule has 2 nitrogen and oxygen atoms in total. The molecule has 39 heavy (non-hydrogen) atoms. The Bertz CT molecular complexity index is 2170. The standard InChI is InChI=1S/C36H23ClN2/c37-26-19-22-34-31(23-26)29-12-5-7-15-33(29)39(34)35-16-8-13-30-28-11-4-6-14-32(28)38(36(30)35)27-20-17-25(18-21-27)24-9-2-1-3-10-24/h1-23H. The first kappa shape index (κ1) is 22.2. The van der Waals surface area contributed by atoms with Crippen LogP contribution in [0.15, 0.2) is 140 Å². The Morgan fingerprint density at radius 3 is 1.77 bits per heavy atom. The summed E-state index contributed by atoms with van der Waals surface area (Å²) < 4.78 is 4.79. The molecule has 0 fully saturated rings. The Labute approximate surface area is 230 Å². The highest BCUT2D eigenvalue weighted by molar-refractivity contribution is 6.32. The fraction of sp³-hybridized carbons (Fsp3) is 0. The number of halogens is 1. The van der Waals surface area contributed by atoms with Gasteiger partial charge in [-0.15, -0.1) is 0 Å². The van der Waals surface area contributed by atoms with Gasteiger partial charge in [0.05, 0.1) is 27.8 Å². The average molecular weight is 519 g/mol. The van der Waals surface area contributed by atoms with Crippen LogP contribution < -0.4 is 0 Å². The van der Waals surface area contributed by atoms with Crippen LogP contribution in [-0.2, 0) is 0 Å². The van der Waals surface area contributed by atoms with Crippen molar-refractivity contribution < 1.29 is 0 Å². The third-order valence-electron chi connectivity index (χ3n) is 7.78. The van der Waals surface area contributed by atoms with E-state index in [4.69, 9.17) is 11.6 Å². The zero-order valence-electron chi connectivity index (χ0n) is 21.1. The lowest BCUT2D eigenvalue weighted by atomic mass is 10.1. The van der Waals surface area contributed by atoms with Crippen molar-refractivity contribution in [2.45, 2.75) is 0 Å². The summed E-state index contributed by atoms with van der Waals surface area (Å²) in [5.41, 5.74) is 9.39. The van der Waals surface area contributed by atoms with Crippen LogP contribution in [0.4, 0.5) is 0 Å². The Kier molecular flexibility index (Phi) is 4.91. The van der Waals surface area contributed by atoms with Gasteiger partial charge in [0.2, 0.25) is 0 Å². The molecular weight excluding hydrogens is 496 g/mol. The van der Waals surface area contributed by atoms with Gasteiger partial charge in [0.25, 0.3) is 0 Å². The Morgan fingerprint density at radius 2 is 1.00 bits per heavy atom. The summed E-state index contributed by atoms with van der Waals surface area (Å²) in [6, 6.07) is 49.6. The van der Waals surface area contributed by atoms with E-state index in [2.05, 4.69) is 143 Å². The first-order valence-corrected chi connectivity index (χ1v) is 13.5. The lowest BCUT2D eigenvalue weighted by Crippen LogP contribution is -2.00. The van der Waals surface area contributed by atoms with Crippen LogP contribution >= 0.6 is 11.6 Å². The molecule has 184 valence electrons. The van der Waals surface area contributed by atoms with Crippen LogP contribution in [0.2, 0.25) is 5.02 Å². The Hall–Kier alpha value is -4.79. The summed E-state index contributed by atoms with van der Waals surface area (Å²) in [6.07, 6.45) is 0. The lowest BCUT2D eigenvalue weighted by Gasteiger charge is -2.15. The summed E-state index contributed by atoms with van der Waals surface area (Å²) in [5, 5.41) is 5.57. The van der Waals surface area contributed by atoms with Gasteiger partial charge in [-0.05, 0) is 59.7 Å². The number of nitrogens with zero attached hydrogens (tertiary/aromatic N) is 2. The maximum Gasteiger partial charge on any atom is 0.0782 e. The molecular formula is C36H23ClN2. The molecule has 3 heteroatoms. The molecule has 0 aliphatic carbocycles. The molecule has 0 radical (unpaired) electrons. The van der Waals surface area contributed by atoms with Gasteiger partial charge in [0.15, 0.2) is 0 Å². The average Bonchev–Trinajstić information content (AvgIpc) is 3.51. The van der Waals surface area contributed by atoms with E-state index in [1.165, 1.54) is 43.8 Å². The highest BCUT2D eigenvalue weighted by Gasteiger charge is 2.19. The minimum Gasteiger partial charge on any atom is -0.307 e. The fourth-order valence-electron chi connectivity index (χ4n) is 6.09. The van der Waals surface area contributed by atoms with E-state index in [-0.39, 0.29) is 0 Å². The summed E-state index contributed by atoms with van der Waals surface area (Å²) in [6.45, 7) is 0.